The van der Waals surface area contributed by atoms with Gasteiger partial charge in [0.05, 0.1) is 6.04 Å². The van der Waals surface area contributed by atoms with Crippen LogP contribution < -0.4 is 16.4 Å². The quantitative estimate of drug-likeness (QED) is 0.721. The van der Waals surface area contributed by atoms with Crippen molar-refractivity contribution in [2.24, 2.45) is 7.05 Å². The molecule has 0 saturated carbocycles. The van der Waals surface area contributed by atoms with Gasteiger partial charge < -0.3 is 14.9 Å². The number of aromatic amines is 1. The maximum Gasteiger partial charge on any atom is 0.274 e. The molecule has 0 spiro atoms. The molecule has 2 aromatic heterocycles. The summed E-state index contributed by atoms with van der Waals surface area (Å²) in [4.78, 5) is 27.5. The molecule has 2 heterocycles. The minimum absolute atomic E-state index is 0. The van der Waals surface area contributed by atoms with Crippen molar-refractivity contribution in [3.8, 4) is 6.07 Å². The fourth-order valence-corrected chi connectivity index (χ4v) is 2.87. The number of anilines is 1. The summed E-state index contributed by atoms with van der Waals surface area (Å²) in [6.07, 6.45) is 0. The van der Waals surface area contributed by atoms with Gasteiger partial charge in [-0.2, -0.15) is 18.8 Å². The van der Waals surface area contributed by atoms with E-state index in [-0.39, 0.29) is 30.3 Å². The average molecular weight is 389 g/mol. The van der Waals surface area contributed by atoms with Crippen molar-refractivity contribution in [2.45, 2.75) is 13.0 Å². The van der Waals surface area contributed by atoms with Crippen LogP contribution in [0.25, 0.3) is 10.9 Å². The van der Waals surface area contributed by atoms with Crippen molar-refractivity contribution < 1.29 is 0 Å². The molecular formula is C18H17ClN4O2S. The van der Waals surface area contributed by atoms with Gasteiger partial charge >= 0.3 is 0 Å². The van der Waals surface area contributed by atoms with Gasteiger partial charge in [0.15, 0.2) is 0 Å². The summed E-state index contributed by atoms with van der Waals surface area (Å²) in [6.45, 7) is 1.79. The average Bonchev–Trinajstić information content (AvgIpc) is 2.59. The molecule has 0 bridgehead atoms. The molecule has 0 saturated heterocycles. The van der Waals surface area contributed by atoms with Crippen molar-refractivity contribution in [3.63, 3.8) is 0 Å². The molecule has 0 aliphatic carbocycles. The van der Waals surface area contributed by atoms with Gasteiger partial charge in [0.25, 0.3) is 11.1 Å². The molecule has 0 radical (unpaired) electrons. The van der Waals surface area contributed by atoms with Crippen LogP contribution in [0, 0.1) is 11.3 Å². The van der Waals surface area contributed by atoms with Crippen molar-refractivity contribution in [1.82, 2.24) is 9.55 Å². The largest absolute Gasteiger partial charge is 0.374 e. The molecule has 0 fully saturated rings. The fourth-order valence-electron chi connectivity index (χ4n) is 2.68. The number of hydrogen-bond acceptors (Lipinski definition) is 4. The predicted octanol–water partition coefficient (Wildman–Crippen LogP) is 3.04. The topological polar surface area (TPSA) is 90.7 Å². The molecule has 8 heteroatoms. The zero-order valence-electron chi connectivity index (χ0n) is 14.1. The fraction of sp³-hybridized carbons (Fsp3) is 0.167. The highest BCUT2D eigenvalue weighted by Gasteiger charge is 2.14. The Morgan fingerprint density at radius 2 is 1.96 bits per heavy atom. The van der Waals surface area contributed by atoms with Crippen LogP contribution in [-0.4, -0.2) is 9.55 Å². The highest BCUT2D eigenvalue weighted by atomic mass is 35.5. The predicted molar refractivity (Wildman–Crippen MR) is 108 cm³/mol. The molecule has 1 aromatic carbocycles. The van der Waals surface area contributed by atoms with Crippen molar-refractivity contribution >= 4 is 41.7 Å². The Bertz CT molecular complexity index is 1130. The number of nitrogens with zero attached hydrogens (tertiary/aromatic N) is 2. The molecule has 0 unspecified atom stereocenters. The highest BCUT2D eigenvalue weighted by Crippen LogP contribution is 2.21. The molecule has 0 amide bonds. The summed E-state index contributed by atoms with van der Waals surface area (Å²) in [7, 11) is 1.53. The maximum absolute atomic E-state index is 12.3. The molecule has 26 heavy (non-hydrogen) atoms. The van der Waals surface area contributed by atoms with Gasteiger partial charge in [-0.1, -0.05) is 11.6 Å². The molecule has 0 aliphatic heterocycles. The van der Waals surface area contributed by atoms with E-state index in [2.05, 4.69) is 10.3 Å². The van der Waals surface area contributed by atoms with Crippen LogP contribution in [0.3, 0.4) is 0 Å². The van der Waals surface area contributed by atoms with Crippen molar-refractivity contribution in [2.75, 3.05) is 5.32 Å². The van der Waals surface area contributed by atoms with Gasteiger partial charge in [-0.15, -0.1) is 0 Å². The summed E-state index contributed by atoms with van der Waals surface area (Å²) in [5.74, 6) is 0. The minimum Gasteiger partial charge on any atom is -0.374 e. The number of rotatable bonds is 3. The Morgan fingerprint density at radius 1 is 1.23 bits per heavy atom. The minimum atomic E-state index is -0.409. The molecule has 3 aromatic rings. The van der Waals surface area contributed by atoms with E-state index in [0.717, 1.165) is 5.39 Å². The third-order valence-electron chi connectivity index (χ3n) is 4.09. The molecule has 134 valence electrons. The molecular weight excluding hydrogens is 372 g/mol. The van der Waals surface area contributed by atoms with Gasteiger partial charge in [-0.05, 0) is 43.3 Å². The summed E-state index contributed by atoms with van der Waals surface area (Å²) < 4.78 is 1.26. The number of pyridine rings is 2. The first kappa shape index (κ1) is 19.6. The highest BCUT2D eigenvalue weighted by molar-refractivity contribution is 7.59. The molecule has 3 rings (SSSR count). The first-order chi connectivity index (χ1) is 11.9. The summed E-state index contributed by atoms with van der Waals surface area (Å²) in [5.41, 5.74) is 1.20. The number of halogens is 1. The Hall–Kier alpha value is -2.69. The normalized spacial score (nSPS) is 11.5. The first-order valence-corrected chi connectivity index (χ1v) is 7.97. The van der Waals surface area contributed by atoms with Crippen LogP contribution in [0.1, 0.15) is 24.2 Å². The smallest absolute Gasteiger partial charge is 0.274 e. The van der Waals surface area contributed by atoms with Gasteiger partial charge in [-0.25, -0.2) is 0 Å². The Kier molecular flexibility index (Phi) is 5.80. The van der Waals surface area contributed by atoms with Crippen LogP contribution in [0.15, 0.2) is 46.0 Å². The number of hydrogen-bond donors (Lipinski definition) is 2. The van der Waals surface area contributed by atoms with Crippen molar-refractivity contribution in [1.29, 1.82) is 5.26 Å². The molecule has 6 nitrogen and oxygen atoms in total. The second-order valence-corrected chi connectivity index (χ2v) is 6.20. The lowest BCUT2D eigenvalue weighted by atomic mass is 10.1. The Labute approximate surface area is 161 Å². The zero-order chi connectivity index (χ0) is 18.1. The van der Waals surface area contributed by atoms with Crippen LogP contribution >= 0.6 is 25.1 Å². The lowest BCUT2D eigenvalue weighted by Gasteiger charge is -2.16. The summed E-state index contributed by atoms with van der Waals surface area (Å²) in [6, 6.07) is 11.6. The van der Waals surface area contributed by atoms with E-state index in [9.17, 15) is 9.59 Å². The van der Waals surface area contributed by atoms with Crippen LogP contribution in [-0.2, 0) is 7.05 Å². The van der Waals surface area contributed by atoms with E-state index in [1.807, 2.05) is 6.07 Å². The maximum atomic E-state index is 12.3. The van der Waals surface area contributed by atoms with E-state index in [1.54, 1.807) is 43.3 Å². The third-order valence-corrected chi connectivity index (χ3v) is 4.33. The van der Waals surface area contributed by atoms with Crippen LogP contribution in [0.4, 0.5) is 5.69 Å². The van der Waals surface area contributed by atoms with Crippen LogP contribution in [0.5, 0.6) is 0 Å². The standard InChI is InChI=1S/C18H15ClN4O2.H2S/c1-10(21-16-6-4-13(9-20)23(2)18(16)25)14-8-11-7-12(19)3-5-15(11)22-17(14)24;/h3-8,10,21H,1-2H3,(H,22,24);1H2/t10-;/m0./s1. The SMILES string of the molecule is C[C@H](Nc1ccc(C#N)n(C)c1=O)c1cc2cc(Cl)ccc2[nH]c1=O.S. The van der Waals surface area contributed by atoms with E-state index >= 15 is 0 Å². The second-order valence-electron chi connectivity index (χ2n) is 5.76. The van der Waals surface area contributed by atoms with Crippen LogP contribution in [0.2, 0.25) is 5.02 Å². The van der Waals surface area contributed by atoms with Gasteiger partial charge in [0, 0.05) is 28.5 Å². The summed E-state index contributed by atoms with van der Waals surface area (Å²) >= 11 is 6.01. The lowest BCUT2D eigenvalue weighted by Crippen LogP contribution is -2.26. The Balaban J connectivity index is 0.00000243. The van der Waals surface area contributed by atoms with E-state index in [4.69, 9.17) is 16.9 Å². The van der Waals surface area contributed by atoms with E-state index in [1.165, 1.54) is 11.6 Å². The number of H-pyrrole nitrogens is 1. The van der Waals surface area contributed by atoms with Gasteiger partial charge in [0.1, 0.15) is 17.5 Å². The molecule has 0 aliphatic rings. The van der Waals surface area contributed by atoms with Gasteiger partial charge in [0.2, 0.25) is 0 Å². The number of aromatic nitrogens is 2. The Morgan fingerprint density at radius 3 is 2.65 bits per heavy atom. The molecule has 2 N–H and O–H groups in total. The molecule has 1 atom stereocenters. The zero-order valence-corrected chi connectivity index (χ0v) is 15.9. The number of benzene rings is 1. The first-order valence-electron chi connectivity index (χ1n) is 7.60. The van der Waals surface area contributed by atoms with E-state index < -0.39 is 6.04 Å². The third kappa shape index (κ3) is 3.62. The van der Waals surface area contributed by atoms with E-state index in [0.29, 0.717) is 21.8 Å². The number of nitrogens with one attached hydrogen (secondary N) is 2. The number of nitriles is 1. The van der Waals surface area contributed by atoms with Gasteiger partial charge in [-0.3, -0.25) is 9.59 Å². The number of fused-ring (bicyclic) bond motifs is 1. The lowest BCUT2D eigenvalue weighted by molar-refractivity contribution is 0.818. The monoisotopic (exact) mass is 388 g/mol. The second kappa shape index (κ2) is 7.68. The summed E-state index contributed by atoms with van der Waals surface area (Å²) in [5, 5.41) is 13.4. The van der Waals surface area contributed by atoms with Crippen molar-refractivity contribution in [3.05, 3.63) is 73.4 Å².